The van der Waals surface area contributed by atoms with E-state index in [0.717, 1.165) is 25.8 Å². The normalized spacial score (nSPS) is 30.2. The molecule has 104 valence electrons. The molecule has 2 saturated carbocycles. The van der Waals surface area contributed by atoms with Crippen LogP contribution in [0.25, 0.3) is 0 Å². The van der Waals surface area contributed by atoms with Gasteiger partial charge in [-0.25, -0.2) is 0 Å². The summed E-state index contributed by atoms with van der Waals surface area (Å²) < 4.78 is 0. The van der Waals surface area contributed by atoms with Crippen molar-refractivity contribution in [3.8, 4) is 0 Å². The third-order valence-electron chi connectivity index (χ3n) is 5.12. The van der Waals surface area contributed by atoms with Gasteiger partial charge in [-0.15, -0.1) is 0 Å². The Morgan fingerprint density at radius 2 is 2.06 bits per heavy atom. The maximum atomic E-state index is 12.2. The maximum Gasteiger partial charge on any atom is 0.223 e. The zero-order chi connectivity index (χ0) is 13.2. The highest BCUT2D eigenvalue weighted by molar-refractivity contribution is 5.79. The van der Waals surface area contributed by atoms with E-state index in [-0.39, 0.29) is 17.4 Å². The Hall–Kier alpha value is -0.610. The van der Waals surface area contributed by atoms with Crippen molar-refractivity contribution in [3.05, 3.63) is 0 Å². The summed E-state index contributed by atoms with van der Waals surface area (Å²) in [6.07, 6.45) is 6.97. The second kappa shape index (κ2) is 5.57. The van der Waals surface area contributed by atoms with Gasteiger partial charge in [-0.1, -0.05) is 6.42 Å². The van der Waals surface area contributed by atoms with E-state index in [2.05, 4.69) is 24.3 Å². The minimum Gasteiger partial charge on any atom is -0.354 e. The summed E-state index contributed by atoms with van der Waals surface area (Å²) in [6.45, 7) is 1.45. The number of hydrogen-bond acceptors (Lipinski definition) is 3. The molecule has 0 aromatic carbocycles. The van der Waals surface area contributed by atoms with E-state index in [9.17, 15) is 4.79 Å². The standard InChI is InChI=1S/C14H27N3O/c1-17(2)14(7-4-8-14)10-16-13(18)12-6-3-5-11(12)9-15/h11-12H,3-10,15H2,1-2H3,(H,16,18). The van der Waals surface area contributed by atoms with Crippen LogP contribution in [0.15, 0.2) is 0 Å². The number of rotatable bonds is 5. The molecule has 0 aliphatic heterocycles. The molecule has 2 aliphatic rings. The smallest absolute Gasteiger partial charge is 0.223 e. The average molecular weight is 253 g/mol. The number of hydrogen-bond donors (Lipinski definition) is 2. The molecule has 0 spiro atoms. The summed E-state index contributed by atoms with van der Waals surface area (Å²) >= 11 is 0. The molecule has 3 N–H and O–H groups in total. The van der Waals surface area contributed by atoms with Crippen molar-refractivity contribution in [1.82, 2.24) is 10.2 Å². The van der Waals surface area contributed by atoms with Gasteiger partial charge in [0.15, 0.2) is 0 Å². The second-order valence-electron chi connectivity index (χ2n) is 6.22. The van der Waals surface area contributed by atoms with Crippen LogP contribution in [-0.2, 0) is 4.79 Å². The van der Waals surface area contributed by atoms with Gasteiger partial charge in [0.1, 0.15) is 0 Å². The molecule has 0 aromatic rings. The molecule has 2 fully saturated rings. The fourth-order valence-electron chi connectivity index (χ4n) is 3.41. The Balaban J connectivity index is 1.84. The van der Waals surface area contributed by atoms with Crippen LogP contribution in [0.4, 0.5) is 0 Å². The van der Waals surface area contributed by atoms with E-state index >= 15 is 0 Å². The van der Waals surface area contributed by atoms with Crippen molar-refractivity contribution in [1.29, 1.82) is 0 Å². The SMILES string of the molecule is CN(C)C1(CNC(=O)C2CCCC2CN)CCC1. The molecule has 0 saturated heterocycles. The van der Waals surface area contributed by atoms with Crippen LogP contribution in [0.5, 0.6) is 0 Å². The maximum absolute atomic E-state index is 12.2. The highest BCUT2D eigenvalue weighted by Gasteiger charge is 2.40. The predicted molar refractivity (Wildman–Crippen MR) is 73.2 cm³/mol. The largest absolute Gasteiger partial charge is 0.354 e. The Kier molecular flexibility index (Phi) is 4.28. The van der Waals surface area contributed by atoms with Gasteiger partial charge in [-0.3, -0.25) is 4.79 Å². The topological polar surface area (TPSA) is 58.4 Å². The fourth-order valence-corrected chi connectivity index (χ4v) is 3.41. The van der Waals surface area contributed by atoms with Gasteiger partial charge in [0.2, 0.25) is 5.91 Å². The van der Waals surface area contributed by atoms with Crippen molar-refractivity contribution in [2.45, 2.75) is 44.1 Å². The van der Waals surface area contributed by atoms with Gasteiger partial charge in [-0.05, 0) is 58.7 Å². The first-order valence-electron chi connectivity index (χ1n) is 7.24. The summed E-state index contributed by atoms with van der Waals surface area (Å²) in [7, 11) is 4.23. The van der Waals surface area contributed by atoms with Crippen molar-refractivity contribution in [2.24, 2.45) is 17.6 Å². The first-order valence-corrected chi connectivity index (χ1v) is 7.24. The third-order valence-corrected chi connectivity index (χ3v) is 5.12. The lowest BCUT2D eigenvalue weighted by Crippen LogP contribution is -2.57. The third kappa shape index (κ3) is 2.54. The van der Waals surface area contributed by atoms with Gasteiger partial charge < -0.3 is 16.0 Å². The Morgan fingerprint density at radius 3 is 2.56 bits per heavy atom. The highest BCUT2D eigenvalue weighted by atomic mass is 16.1. The molecule has 0 radical (unpaired) electrons. The lowest BCUT2D eigenvalue weighted by atomic mass is 9.75. The summed E-state index contributed by atoms with van der Waals surface area (Å²) in [4.78, 5) is 14.5. The van der Waals surface area contributed by atoms with Gasteiger partial charge in [0.25, 0.3) is 0 Å². The first kappa shape index (κ1) is 13.8. The Morgan fingerprint density at radius 1 is 1.33 bits per heavy atom. The van der Waals surface area contributed by atoms with Crippen molar-refractivity contribution in [2.75, 3.05) is 27.2 Å². The summed E-state index contributed by atoms with van der Waals surface area (Å²) in [5.74, 6) is 0.798. The zero-order valence-electron chi connectivity index (χ0n) is 11.7. The molecule has 2 atom stereocenters. The molecule has 4 nitrogen and oxygen atoms in total. The molecule has 2 rings (SSSR count). The average Bonchev–Trinajstić information content (AvgIpc) is 2.74. The monoisotopic (exact) mass is 253 g/mol. The molecular formula is C14H27N3O. The fraction of sp³-hybridized carbons (Fsp3) is 0.929. The first-order chi connectivity index (χ1) is 8.59. The van der Waals surface area contributed by atoms with Crippen LogP contribution in [0.1, 0.15) is 38.5 Å². The van der Waals surface area contributed by atoms with Crippen LogP contribution >= 0.6 is 0 Å². The van der Waals surface area contributed by atoms with Crippen molar-refractivity contribution >= 4 is 5.91 Å². The van der Waals surface area contributed by atoms with Gasteiger partial charge in [-0.2, -0.15) is 0 Å². The van der Waals surface area contributed by atoms with Crippen LogP contribution in [0, 0.1) is 11.8 Å². The number of carbonyl (C=O) groups excluding carboxylic acids is 1. The van der Waals surface area contributed by atoms with Gasteiger partial charge in [0.05, 0.1) is 0 Å². The predicted octanol–water partition coefficient (Wildman–Crippen LogP) is 0.962. The zero-order valence-corrected chi connectivity index (χ0v) is 11.7. The van der Waals surface area contributed by atoms with Crippen molar-refractivity contribution in [3.63, 3.8) is 0 Å². The molecule has 18 heavy (non-hydrogen) atoms. The van der Waals surface area contributed by atoms with E-state index in [1.807, 2.05) is 0 Å². The molecule has 4 heteroatoms. The van der Waals surface area contributed by atoms with Crippen LogP contribution in [0.3, 0.4) is 0 Å². The van der Waals surface area contributed by atoms with E-state index in [4.69, 9.17) is 5.73 Å². The van der Waals surface area contributed by atoms with E-state index in [1.165, 1.54) is 19.3 Å². The lowest BCUT2D eigenvalue weighted by molar-refractivity contribution is -0.127. The molecular weight excluding hydrogens is 226 g/mol. The summed E-state index contributed by atoms with van der Waals surface area (Å²) in [6, 6.07) is 0. The Labute approximate surface area is 110 Å². The molecule has 0 bridgehead atoms. The van der Waals surface area contributed by atoms with Gasteiger partial charge >= 0.3 is 0 Å². The number of likely N-dealkylation sites (N-methyl/N-ethyl adjacent to an activating group) is 1. The minimum atomic E-state index is 0.161. The summed E-state index contributed by atoms with van der Waals surface area (Å²) in [5.41, 5.74) is 5.96. The molecule has 0 heterocycles. The van der Waals surface area contributed by atoms with Crippen LogP contribution in [0.2, 0.25) is 0 Å². The molecule has 1 amide bonds. The summed E-state index contributed by atoms with van der Waals surface area (Å²) in [5, 5.41) is 3.18. The van der Waals surface area contributed by atoms with E-state index < -0.39 is 0 Å². The minimum absolute atomic E-state index is 0.161. The highest BCUT2D eigenvalue weighted by Crippen LogP contribution is 2.36. The van der Waals surface area contributed by atoms with Crippen LogP contribution in [-0.4, -0.2) is 43.5 Å². The number of nitrogens with two attached hydrogens (primary N) is 1. The second-order valence-corrected chi connectivity index (χ2v) is 6.22. The van der Waals surface area contributed by atoms with Gasteiger partial charge in [0, 0.05) is 18.0 Å². The molecule has 0 aromatic heterocycles. The van der Waals surface area contributed by atoms with Crippen LogP contribution < -0.4 is 11.1 Å². The number of carbonyl (C=O) groups is 1. The van der Waals surface area contributed by atoms with Crippen molar-refractivity contribution < 1.29 is 4.79 Å². The lowest BCUT2D eigenvalue weighted by Gasteiger charge is -2.47. The quantitative estimate of drug-likeness (QED) is 0.767. The Bertz CT molecular complexity index is 299. The molecule has 2 aliphatic carbocycles. The molecule has 2 unspecified atom stereocenters. The van der Waals surface area contributed by atoms with E-state index in [1.54, 1.807) is 0 Å². The number of amides is 1. The number of nitrogens with one attached hydrogen (secondary N) is 1. The number of nitrogens with zero attached hydrogens (tertiary/aromatic N) is 1. The van der Waals surface area contributed by atoms with E-state index in [0.29, 0.717) is 12.5 Å².